The van der Waals surface area contributed by atoms with E-state index in [1.54, 1.807) is 4.90 Å². The number of amides is 2. The number of nitrogens with one attached hydrogen (secondary N) is 1. The van der Waals surface area contributed by atoms with E-state index in [2.05, 4.69) is 19.2 Å². The fraction of sp³-hybridized carbons (Fsp3) is 0.579. The molecule has 0 atom stereocenters. The van der Waals surface area contributed by atoms with E-state index in [1.165, 1.54) is 18.2 Å². The number of piperazine rings is 1. The molecule has 1 aliphatic heterocycles. The van der Waals surface area contributed by atoms with E-state index >= 15 is 0 Å². The molecule has 2 amide bonds. The summed E-state index contributed by atoms with van der Waals surface area (Å²) in [6.07, 6.45) is 1.13. The largest absolute Gasteiger partial charge is 0.340 e. The van der Waals surface area contributed by atoms with Crippen molar-refractivity contribution in [2.45, 2.75) is 26.7 Å². The molecule has 2 rings (SSSR count). The standard InChI is InChI=1S/C19H27ClFN3O2/c1-14(2)5-9-24(10-6-18(25)23-11-7-22-8-12-23)19(26)15-3-4-17(21)16(20)13-15/h3-4,13-14,22H,5-12H2,1-2H3. The average Bonchev–Trinajstić information content (AvgIpc) is 2.63. The highest BCUT2D eigenvalue weighted by Crippen LogP contribution is 2.18. The minimum absolute atomic E-state index is 0.0611. The molecule has 5 nitrogen and oxygen atoms in total. The number of hydrogen-bond donors (Lipinski definition) is 1. The Balaban J connectivity index is 2.02. The first-order valence-electron chi connectivity index (χ1n) is 9.11. The lowest BCUT2D eigenvalue weighted by Gasteiger charge is -2.29. The van der Waals surface area contributed by atoms with Crippen LogP contribution in [0.3, 0.4) is 0 Å². The van der Waals surface area contributed by atoms with Crippen LogP contribution in [0.25, 0.3) is 0 Å². The highest BCUT2D eigenvalue weighted by molar-refractivity contribution is 6.31. The molecule has 0 bridgehead atoms. The Kier molecular flexibility index (Phi) is 7.85. The van der Waals surface area contributed by atoms with Crippen LogP contribution in [-0.4, -0.2) is 60.9 Å². The van der Waals surface area contributed by atoms with E-state index in [-0.39, 0.29) is 16.8 Å². The molecule has 7 heteroatoms. The zero-order valence-corrected chi connectivity index (χ0v) is 16.2. The molecule has 1 heterocycles. The quantitative estimate of drug-likeness (QED) is 0.787. The fourth-order valence-corrected chi connectivity index (χ4v) is 3.02. The number of hydrogen-bond acceptors (Lipinski definition) is 3. The van der Waals surface area contributed by atoms with Crippen LogP contribution in [-0.2, 0) is 4.79 Å². The maximum absolute atomic E-state index is 13.4. The van der Waals surface area contributed by atoms with Crippen LogP contribution in [0, 0.1) is 11.7 Å². The number of carbonyl (C=O) groups excluding carboxylic acids is 2. The van der Waals surface area contributed by atoms with Crippen LogP contribution in [0.2, 0.25) is 5.02 Å². The first-order valence-corrected chi connectivity index (χ1v) is 9.49. The lowest BCUT2D eigenvalue weighted by atomic mass is 10.1. The summed E-state index contributed by atoms with van der Waals surface area (Å²) in [7, 11) is 0. The number of benzene rings is 1. The Bertz CT molecular complexity index is 633. The SMILES string of the molecule is CC(C)CCN(CCC(=O)N1CCNCC1)C(=O)c1ccc(F)c(Cl)c1. The molecule has 0 saturated carbocycles. The molecule has 0 unspecified atom stereocenters. The van der Waals surface area contributed by atoms with Crippen molar-refractivity contribution in [3.63, 3.8) is 0 Å². The topological polar surface area (TPSA) is 52.7 Å². The number of rotatable bonds is 7. The molecule has 1 saturated heterocycles. The van der Waals surface area contributed by atoms with E-state index in [4.69, 9.17) is 11.6 Å². The van der Waals surface area contributed by atoms with E-state index in [0.29, 0.717) is 44.1 Å². The Labute approximate surface area is 159 Å². The first-order chi connectivity index (χ1) is 12.4. The lowest BCUT2D eigenvalue weighted by molar-refractivity contribution is -0.131. The van der Waals surface area contributed by atoms with E-state index in [0.717, 1.165) is 19.5 Å². The molecule has 0 aliphatic carbocycles. The lowest BCUT2D eigenvalue weighted by Crippen LogP contribution is -2.47. The first kappa shape index (κ1) is 20.6. The third kappa shape index (κ3) is 5.95. The molecule has 0 spiro atoms. The van der Waals surface area contributed by atoms with Crippen LogP contribution in [0.15, 0.2) is 18.2 Å². The zero-order valence-electron chi connectivity index (χ0n) is 15.4. The van der Waals surface area contributed by atoms with Gasteiger partial charge in [-0.15, -0.1) is 0 Å². The van der Waals surface area contributed by atoms with E-state index in [1.807, 2.05) is 4.90 Å². The minimum atomic E-state index is -0.550. The Hall–Kier alpha value is -1.66. The minimum Gasteiger partial charge on any atom is -0.340 e. The van der Waals surface area contributed by atoms with Crippen molar-refractivity contribution in [2.24, 2.45) is 5.92 Å². The maximum Gasteiger partial charge on any atom is 0.253 e. The molecule has 1 N–H and O–H groups in total. The van der Waals surface area contributed by atoms with Crippen molar-refractivity contribution in [3.05, 3.63) is 34.6 Å². The molecule has 1 fully saturated rings. The Morgan fingerprint density at radius 3 is 2.58 bits per heavy atom. The maximum atomic E-state index is 13.4. The summed E-state index contributed by atoms with van der Waals surface area (Å²) in [5.74, 6) is -0.275. The molecule has 1 aromatic rings. The van der Waals surface area contributed by atoms with Crippen molar-refractivity contribution in [1.29, 1.82) is 0 Å². The number of carbonyl (C=O) groups is 2. The van der Waals surface area contributed by atoms with Gasteiger partial charge in [0, 0.05) is 51.3 Å². The highest BCUT2D eigenvalue weighted by Gasteiger charge is 2.21. The molecule has 1 aliphatic rings. The molecule has 1 aromatic carbocycles. The van der Waals surface area contributed by atoms with Crippen molar-refractivity contribution in [2.75, 3.05) is 39.3 Å². The van der Waals surface area contributed by atoms with Gasteiger partial charge in [-0.1, -0.05) is 25.4 Å². The predicted molar refractivity (Wildman–Crippen MR) is 101 cm³/mol. The van der Waals surface area contributed by atoms with Crippen molar-refractivity contribution >= 4 is 23.4 Å². The van der Waals surface area contributed by atoms with Gasteiger partial charge < -0.3 is 15.1 Å². The molecular formula is C19H27ClFN3O2. The van der Waals surface area contributed by atoms with Gasteiger partial charge in [-0.25, -0.2) is 4.39 Å². The van der Waals surface area contributed by atoms with Gasteiger partial charge >= 0.3 is 0 Å². The zero-order chi connectivity index (χ0) is 19.1. The third-order valence-electron chi connectivity index (χ3n) is 4.50. The van der Waals surface area contributed by atoms with Crippen LogP contribution in [0.1, 0.15) is 37.0 Å². The van der Waals surface area contributed by atoms with Crippen molar-refractivity contribution in [3.8, 4) is 0 Å². The third-order valence-corrected chi connectivity index (χ3v) is 4.79. The average molecular weight is 384 g/mol. The van der Waals surface area contributed by atoms with Crippen molar-refractivity contribution in [1.82, 2.24) is 15.1 Å². The van der Waals surface area contributed by atoms with Crippen LogP contribution in [0.4, 0.5) is 4.39 Å². The van der Waals surface area contributed by atoms with Gasteiger partial charge in [0.2, 0.25) is 5.91 Å². The summed E-state index contributed by atoms with van der Waals surface area (Å²) < 4.78 is 13.4. The van der Waals surface area contributed by atoms with E-state index < -0.39 is 5.82 Å². The van der Waals surface area contributed by atoms with Gasteiger partial charge in [-0.2, -0.15) is 0 Å². The molecule has 26 heavy (non-hydrogen) atoms. The predicted octanol–water partition coefficient (Wildman–Crippen LogP) is 2.79. The van der Waals surface area contributed by atoms with Gasteiger partial charge in [0.15, 0.2) is 0 Å². The van der Waals surface area contributed by atoms with Crippen molar-refractivity contribution < 1.29 is 14.0 Å². The second-order valence-corrected chi connectivity index (χ2v) is 7.39. The monoisotopic (exact) mass is 383 g/mol. The summed E-state index contributed by atoms with van der Waals surface area (Å²) in [6.45, 7) is 8.08. The Morgan fingerprint density at radius 2 is 1.96 bits per heavy atom. The molecular weight excluding hydrogens is 357 g/mol. The summed E-state index contributed by atoms with van der Waals surface area (Å²) >= 11 is 5.81. The number of nitrogens with zero attached hydrogens (tertiary/aromatic N) is 2. The second-order valence-electron chi connectivity index (χ2n) is 6.98. The molecule has 0 radical (unpaired) electrons. The van der Waals surface area contributed by atoms with Gasteiger partial charge in [0.25, 0.3) is 5.91 Å². The van der Waals surface area contributed by atoms with E-state index in [9.17, 15) is 14.0 Å². The summed E-state index contributed by atoms with van der Waals surface area (Å²) in [5, 5.41) is 3.14. The normalized spacial score (nSPS) is 14.6. The Morgan fingerprint density at radius 1 is 1.27 bits per heavy atom. The highest BCUT2D eigenvalue weighted by atomic mass is 35.5. The summed E-state index contributed by atoms with van der Waals surface area (Å²) in [6, 6.07) is 3.98. The molecule has 0 aromatic heterocycles. The molecule has 144 valence electrons. The van der Waals surface area contributed by atoms with Gasteiger partial charge in [-0.05, 0) is 30.5 Å². The summed E-state index contributed by atoms with van der Waals surface area (Å²) in [5.41, 5.74) is 0.342. The number of halogens is 2. The van der Waals surface area contributed by atoms with Crippen LogP contribution < -0.4 is 5.32 Å². The van der Waals surface area contributed by atoms with Gasteiger partial charge in [-0.3, -0.25) is 9.59 Å². The smallest absolute Gasteiger partial charge is 0.253 e. The van der Waals surface area contributed by atoms with Crippen LogP contribution in [0.5, 0.6) is 0 Å². The summed E-state index contributed by atoms with van der Waals surface area (Å²) in [4.78, 5) is 28.7. The second kappa shape index (κ2) is 9.88. The van der Waals surface area contributed by atoms with Gasteiger partial charge in [0.1, 0.15) is 5.82 Å². The van der Waals surface area contributed by atoms with Crippen LogP contribution >= 0.6 is 11.6 Å². The fourth-order valence-electron chi connectivity index (χ4n) is 2.84. The van der Waals surface area contributed by atoms with Gasteiger partial charge in [0.05, 0.1) is 5.02 Å².